The highest BCUT2D eigenvalue weighted by Crippen LogP contribution is 2.52. The summed E-state index contributed by atoms with van der Waals surface area (Å²) in [5.74, 6) is -0.598. The van der Waals surface area contributed by atoms with Crippen LogP contribution in [0.25, 0.3) is 10.9 Å². The van der Waals surface area contributed by atoms with Crippen molar-refractivity contribution < 1.29 is 23.9 Å². The minimum absolute atomic E-state index is 0.0912. The fourth-order valence-electron chi connectivity index (χ4n) is 5.00. The molecule has 9 heteroatoms. The molecule has 2 aliphatic rings. The SMILES string of the molecule is CC(C)(C)OC(=O)N1C(=O)[C@]2(C)c3cccc4c3c(cn4C(=O)OC(C)(C)C)C[C@H]1C2(N)C#N. The molecule has 34 heavy (non-hydrogen) atoms. The first-order valence-electron chi connectivity index (χ1n) is 11.2. The normalized spacial score (nSPS) is 26.3. The predicted octanol–water partition coefficient (Wildman–Crippen LogP) is 3.61. The maximum Gasteiger partial charge on any atom is 0.419 e. The van der Waals surface area contributed by atoms with Crippen molar-refractivity contribution in [2.75, 3.05) is 0 Å². The van der Waals surface area contributed by atoms with Gasteiger partial charge in [-0.15, -0.1) is 0 Å². The monoisotopic (exact) mass is 466 g/mol. The van der Waals surface area contributed by atoms with Gasteiger partial charge in [0.25, 0.3) is 0 Å². The second-order valence-electron chi connectivity index (χ2n) is 11.2. The largest absolute Gasteiger partial charge is 0.443 e. The summed E-state index contributed by atoms with van der Waals surface area (Å²) in [6.45, 7) is 12.0. The number of hydrogen-bond donors (Lipinski definition) is 1. The summed E-state index contributed by atoms with van der Waals surface area (Å²) in [6, 6.07) is 6.34. The van der Waals surface area contributed by atoms with Crippen molar-refractivity contribution in [3.63, 3.8) is 0 Å². The lowest BCUT2D eigenvalue weighted by Crippen LogP contribution is -2.60. The number of nitrogens with two attached hydrogens (primary N) is 1. The van der Waals surface area contributed by atoms with Crippen LogP contribution in [0, 0.1) is 11.3 Å². The van der Waals surface area contributed by atoms with E-state index in [1.165, 1.54) is 4.57 Å². The van der Waals surface area contributed by atoms with Gasteiger partial charge in [0.1, 0.15) is 22.2 Å². The highest BCUT2D eigenvalue weighted by molar-refractivity contribution is 6.08. The zero-order valence-corrected chi connectivity index (χ0v) is 20.6. The van der Waals surface area contributed by atoms with Crippen LogP contribution in [0.5, 0.6) is 0 Å². The number of rotatable bonds is 0. The molecular formula is C25H30N4O5. The maximum absolute atomic E-state index is 13.8. The predicted molar refractivity (Wildman–Crippen MR) is 124 cm³/mol. The molecule has 3 atom stereocenters. The fourth-order valence-corrected chi connectivity index (χ4v) is 5.00. The number of carbonyl (C=O) groups excluding carboxylic acids is 3. The molecule has 4 rings (SSSR count). The molecule has 2 amide bonds. The van der Waals surface area contributed by atoms with Crippen LogP contribution >= 0.6 is 0 Å². The molecule has 2 heterocycles. The topological polar surface area (TPSA) is 128 Å². The number of fused-ring (bicyclic) bond motifs is 3. The average molecular weight is 467 g/mol. The molecule has 0 radical (unpaired) electrons. The van der Waals surface area contributed by atoms with Gasteiger partial charge >= 0.3 is 12.2 Å². The summed E-state index contributed by atoms with van der Waals surface area (Å²) in [7, 11) is 0. The van der Waals surface area contributed by atoms with Crippen molar-refractivity contribution >= 4 is 29.0 Å². The van der Waals surface area contributed by atoms with E-state index in [4.69, 9.17) is 15.2 Å². The lowest BCUT2D eigenvalue weighted by Gasteiger charge is -2.34. The highest BCUT2D eigenvalue weighted by Gasteiger charge is 2.69. The van der Waals surface area contributed by atoms with Gasteiger partial charge in [-0.3, -0.25) is 9.36 Å². The zero-order valence-electron chi connectivity index (χ0n) is 20.6. The van der Waals surface area contributed by atoms with E-state index in [2.05, 4.69) is 6.07 Å². The van der Waals surface area contributed by atoms with Gasteiger partial charge < -0.3 is 15.2 Å². The van der Waals surface area contributed by atoms with Gasteiger partial charge in [0.05, 0.1) is 17.6 Å². The summed E-state index contributed by atoms with van der Waals surface area (Å²) in [5, 5.41) is 10.9. The summed E-state index contributed by atoms with van der Waals surface area (Å²) in [4.78, 5) is 40.9. The van der Waals surface area contributed by atoms with Crippen molar-refractivity contribution in [1.82, 2.24) is 9.47 Å². The van der Waals surface area contributed by atoms with Gasteiger partial charge in [0.15, 0.2) is 0 Å². The lowest BCUT2D eigenvalue weighted by atomic mass is 9.67. The van der Waals surface area contributed by atoms with Crippen LogP contribution in [0.15, 0.2) is 24.4 Å². The van der Waals surface area contributed by atoms with Crippen molar-refractivity contribution in [2.45, 2.75) is 83.1 Å². The Morgan fingerprint density at radius 3 is 2.26 bits per heavy atom. The van der Waals surface area contributed by atoms with E-state index < -0.39 is 46.3 Å². The molecule has 2 N–H and O–H groups in total. The minimum atomic E-state index is -1.71. The summed E-state index contributed by atoms with van der Waals surface area (Å²) in [5.41, 5.74) is 3.61. The third kappa shape index (κ3) is 3.20. The molecule has 180 valence electrons. The third-order valence-electron chi connectivity index (χ3n) is 6.54. The molecule has 1 unspecified atom stereocenters. The Morgan fingerprint density at radius 2 is 1.71 bits per heavy atom. The van der Waals surface area contributed by atoms with Crippen LogP contribution < -0.4 is 5.73 Å². The first kappa shape index (κ1) is 23.8. The number of nitriles is 1. The van der Waals surface area contributed by atoms with Crippen LogP contribution in [0.4, 0.5) is 9.59 Å². The van der Waals surface area contributed by atoms with Crippen molar-refractivity contribution in [1.29, 1.82) is 5.26 Å². The minimum Gasteiger partial charge on any atom is -0.443 e. The fraction of sp³-hybridized carbons (Fsp3) is 0.520. The van der Waals surface area contributed by atoms with Crippen LogP contribution in [0.1, 0.15) is 59.6 Å². The molecule has 0 saturated carbocycles. The van der Waals surface area contributed by atoms with E-state index in [-0.39, 0.29) is 6.42 Å². The molecule has 1 aliphatic heterocycles. The van der Waals surface area contributed by atoms with Gasteiger partial charge in [-0.1, -0.05) is 12.1 Å². The van der Waals surface area contributed by atoms with E-state index in [0.717, 1.165) is 4.90 Å². The number of amides is 2. The molecule has 1 aromatic heterocycles. The van der Waals surface area contributed by atoms with Gasteiger partial charge in [0, 0.05) is 11.6 Å². The second-order valence-corrected chi connectivity index (χ2v) is 11.2. The van der Waals surface area contributed by atoms with Crippen molar-refractivity contribution in [3.8, 4) is 6.07 Å². The number of imide groups is 1. The van der Waals surface area contributed by atoms with Gasteiger partial charge in [-0.2, -0.15) is 5.26 Å². The smallest absolute Gasteiger partial charge is 0.419 e. The van der Waals surface area contributed by atoms with Gasteiger partial charge in [0.2, 0.25) is 5.91 Å². The highest BCUT2D eigenvalue weighted by atomic mass is 16.6. The molecule has 1 aromatic carbocycles. The van der Waals surface area contributed by atoms with Crippen molar-refractivity contribution in [3.05, 3.63) is 35.5 Å². The number of nitrogens with zero attached hydrogens (tertiary/aromatic N) is 3. The first-order chi connectivity index (χ1) is 15.5. The Labute approximate surface area is 198 Å². The second kappa shape index (κ2) is 7.06. The number of carbonyl (C=O) groups is 3. The summed E-state index contributed by atoms with van der Waals surface area (Å²) < 4.78 is 12.5. The Hall–Kier alpha value is -3.38. The zero-order chi connectivity index (χ0) is 25.4. The number of aromatic nitrogens is 1. The molecule has 1 saturated heterocycles. The summed E-state index contributed by atoms with van der Waals surface area (Å²) >= 11 is 0. The lowest BCUT2D eigenvalue weighted by molar-refractivity contribution is -0.132. The Morgan fingerprint density at radius 1 is 1.12 bits per heavy atom. The van der Waals surface area contributed by atoms with Crippen LogP contribution in [-0.4, -0.2) is 50.3 Å². The Balaban J connectivity index is 1.95. The molecule has 2 bridgehead atoms. The van der Waals surface area contributed by atoms with Gasteiger partial charge in [-0.05, 0) is 72.1 Å². The molecule has 0 spiro atoms. The van der Waals surface area contributed by atoms with E-state index in [9.17, 15) is 19.6 Å². The van der Waals surface area contributed by atoms with Crippen LogP contribution in [0.3, 0.4) is 0 Å². The van der Waals surface area contributed by atoms with E-state index in [1.807, 2.05) is 0 Å². The summed E-state index contributed by atoms with van der Waals surface area (Å²) in [6.07, 6.45) is 0.322. The standard InChI is InChI=1S/C25H30N4O5/c1-22(2,3)33-20(31)28-12-14-11-17-25(27,13-26)24(7,15-9-8-10-16(28)18(14)15)19(30)29(17)21(32)34-23(4,5)6/h8-10,12,17H,11,27H2,1-7H3/t17-,24-,25?/m0/s1. The molecular weight excluding hydrogens is 436 g/mol. The Bertz CT molecular complexity index is 1280. The number of likely N-dealkylation sites (tertiary alicyclic amines) is 1. The number of benzene rings is 1. The third-order valence-corrected chi connectivity index (χ3v) is 6.54. The molecule has 1 fully saturated rings. The molecule has 1 aliphatic carbocycles. The van der Waals surface area contributed by atoms with Gasteiger partial charge in [-0.25, -0.2) is 14.5 Å². The van der Waals surface area contributed by atoms with Crippen molar-refractivity contribution in [2.24, 2.45) is 5.73 Å². The first-order valence-corrected chi connectivity index (χ1v) is 11.2. The Kier molecular flexibility index (Phi) is 4.94. The molecule has 9 nitrogen and oxygen atoms in total. The van der Waals surface area contributed by atoms with E-state index in [1.54, 1.807) is 72.9 Å². The number of hydrogen-bond acceptors (Lipinski definition) is 7. The quantitative estimate of drug-likeness (QED) is 0.628. The van der Waals surface area contributed by atoms with Crippen LogP contribution in [-0.2, 0) is 26.1 Å². The average Bonchev–Trinajstić information content (AvgIpc) is 3.11. The van der Waals surface area contributed by atoms with E-state index in [0.29, 0.717) is 22.0 Å². The number of ether oxygens (including phenoxy) is 2. The van der Waals surface area contributed by atoms with E-state index >= 15 is 0 Å². The van der Waals surface area contributed by atoms with Crippen LogP contribution in [0.2, 0.25) is 0 Å². The maximum atomic E-state index is 13.8. The molecule has 2 aromatic rings.